The molecule has 0 saturated carbocycles. The van der Waals surface area contributed by atoms with Crippen LogP contribution in [0.5, 0.6) is 5.75 Å². The minimum absolute atomic E-state index is 0.140. The zero-order valence-corrected chi connectivity index (χ0v) is 12.2. The molecular weight excluding hydrogens is 262 g/mol. The molecule has 0 spiro atoms. The standard InChI is InChI=1S/C13H19N3O2S/c1-10(9-17-2)15-13(19)16-14-8-11-4-6-12(18-3)7-5-11/h4-8,10H,9H2,1-3H3,(H2,15,16,19)/b14-8-/t10-/m1/s1. The van der Waals surface area contributed by atoms with Gasteiger partial charge in [0.25, 0.3) is 0 Å². The summed E-state index contributed by atoms with van der Waals surface area (Å²) in [4.78, 5) is 0. The average molecular weight is 281 g/mol. The third kappa shape index (κ3) is 6.17. The normalized spacial score (nSPS) is 12.2. The van der Waals surface area contributed by atoms with E-state index in [1.807, 2.05) is 31.2 Å². The van der Waals surface area contributed by atoms with Gasteiger partial charge in [0, 0.05) is 13.2 Å². The van der Waals surface area contributed by atoms with Gasteiger partial charge < -0.3 is 14.8 Å². The molecule has 1 aromatic carbocycles. The monoisotopic (exact) mass is 281 g/mol. The molecule has 0 amide bonds. The van der Waals surface area contributed by atoms with Crippen molar-refractivity contribution in [2.24, 2.45) is 5.10 Å². The lowest BCUT2D eigenvalue weighted by Crippen LogP contribution is -2.40. The highest BCUT2D eigenvalue weighted by molar-refractivity contribution is 7.80. The summed E-state index contributed by atoms with van der Waals surface area (Å²) < 4.78 is 10.1. The minimum Gasteiger partial charge on any atom is -0.497 e. The molecule has 6 heteroatoms. The van der Waals surface area contributed by atoms with E-state index in [4.69, 9.17) is 21.7 Å². The van der Waals surface area contributed by atoms with Crippen molar-refractivity contribution in [3.05, 3.63) is 29.8 Å². The summed E-state index contributed by atoms with van der Waals surface area (Å²) in [6, 6.07) is 7.71. The number of ether oxygens (including phenoxy) is 2. The Hall–Kier alpha value is -1.66. The molecule has 1 atom stereocenters. The lowest BCUT2D eigenvalue weighted by atomic mass is 10.2. The molecule has 0 aliphatic rings. The summed E-state index contributed by atoms with van der Waals surface area (Å²) in [5, 5.41) is 7.56. The largest absolute Gasteiger partial charge is 0.497 e. The van der Waals surface area contributed by atoms with Crippen LogP contribution in [0.4, 0.5) is 0 Å². The Morgan fingerprint density at radius 1 is 1.37 bits per heavy atom. The molecule has 0 fully saturated rings. The fourth-order valence-electron chi connectivity index (χ4n) is 1.40. The van der Waals surface area contributed by atoms with Crippen LogP contribution in [0.1, 0.15) is 12.5 Å². The van der Waals surface area contributed by atoms with Crippen LogP contribution in [-0.4, -0.2) is 38.2 Å². The lowest BCUT2D eigenvalue weighted by molar-refractivity contribution is 0.179. The van der Waals surface area contributed by atoms with E-state index in [-0.39, 0.29) is 6.04 Å². The van der Waals surface area contributed by atoms with Crippen molar-refractivity contribution in [2.75, 3.05) is 20.8 Å². The molecule has 0 aliphatic heterocycles. The minimum atomic E-state index is 0.140. The third-order valence-corrected chi connectivity index (χ3v) is 2.50. The fraction of sp³-hybridized carbons (Fsp3) is 0.385. The molecule has 0 aromatic heterocycles. The number of methoxy groups -OCH3 is 2. The number of hydrazone groups is 1. The molecule has 19 heavy (non-hydrogen) atoms. The van der Waals surface area contributed by atoms with Crippen LogP contribution in [0.2, 0.25) is 0 Å². The Labute approximate surface area is 119 Å². The van der Waals surface area contributed by atoms with Crippen molar-refractivity contribution in [3.8, 4) is 5.75 Å². The Morgan fingerprint density at radius 2 is 2.05 bits per heavy atom. The van der Waals surface area contributed by atoms with Gasteiger partial charge in [-0.15, -0.1) is 0 Å². The first-order valence-electron chi connectivity index (χ1n) is 5.88. The molecule has 2 N–H and O–H groups in total. The number of nitrogens with zero attached hydrogens (tertiary/aromatic N) is 1. The molecular formula is C13H19N3O2S. The molecule has 0 aliphatic carbocycles. The molecule has 1 rings (SSSR count). The molecule has 0 bridgehead atoms. The van der Waals surface area contributed by atoms with E-state index in [1.165, 1.54) is 0 Å². The quantitative estimate of drug-likeness (QED) is 0.470. The van der Waals surface area contributed by atoms with Gasteiger partial charge in [0.05, 0.1) is 19.9 Å². The van der Waals surface area contributed by atoms with Crippen LogP contribution >= 0.6 is 12.2 Å². The second-order valence-corrected chi connectivity index (χ2v) is 4.38. The van der Waals surface area contributed by atoms with Crippen LogP contribution in [0.3, 0.4) is 0 Å². The van der Waals surface area contributed by atoms with Gasteiger partial charge in [-0.2, -0.15) is 5.10 Å². The summed E-state index contributed by atoms with van der Waals surface area (Å²) in [6.07, 6.45) is 1.69. The number of hydrogen-bond acceptors (Lipinski definition) is 4. The molecule has 0 saturated heterocycles. The number of thiocarbonyl (C=S) groups is 1. The maximum atomic E-state index is 5.09. The van der Waals surface area contributed by atoms with Crippen molar-refractivity contribution in [1.29, 1.82) is 0 Å². The first-order chi connectivity index (χ1) is 9.15. The van der Waals surface area contributed by atoms with E-state index in [1.54, 1.807) is 20.4 Å². The highest BCUT2D eigenvalue weighted by Crippen LogP contribution is 2.09. The third-order valence-electron chi connectivity index (χ3n) is 2.29. The van der Waals surface area contributed by atoms with Gasteiger partial charge in [-0.1, -0.05) is 0 Å². The smallest absolute Gasteiger partial charge is 0.187 e. The molecule has 5 nitrogen and oxygen atoms in total. The predicted molar refractivity (Wildman–Crippen MR) is 80.8 cm³/mol. The highest BCUT2D eigenvalue weighted by Gasteiger charge is 2.01. The van der Waals surface area contributed by atoms with E-state index in [2.05, 4.69) is 15.8 Å². The van der Waals surface area contributed by atoms with Crippen LogP contribution in [0, 0.1) is 0 Å². The van der Waals surface area contributed by atoms with Gasteiger partial charge in [-0.05, 0) is 49.0 Å². The van der Waals surface area contributed by atoms with Gasteiger partial charge in [0.2, 0.25) is 0 Å². The molecule has 0 heterocycles. The number of rotatable bonds is 6. The molecule has 104 valence electrons. The Balaban J connectivity index is 2.38. The summed E-state index contributed by atoms with van der Waals surface area (Å²) in [5.74, 6) is 0.815. The average Bonchev–Trinajstić information content (AvgIpc) is 2.39. The van der Waals surface area contributed by atoms with E-state index < -0.39 is 0 Å². The number of hydrogen-bond donors (Lipinski definition) is 2. The van der Waals surface area contributed by atoms with Crippen molar-refractivity contribution >= 4 is 23.5 Å². The van der Waals surface area contributed by atoms with Crippen molar-refractivity contribution in [1.82, 2.24) is 10.7 Å². The van der Waals surface area contributed by atoms with E-state index in [0.29, 0.717) is 11.7 Å². The summed E-state index contributed by atoms with van der Waals surface area (Å²) in [7, 11) is 3.28. The first-order valence-corrected chi connectivity index (χ1v) is 6.29. The number of benzene rings is 1. The number of nitrogens with one attached hydrogen (secondary N) is 2. The zero-order chi connectivity index (χ0) is 14.1. The van der Waals surface area contributed by atoms with Gasteiger partial charge in [0.1, 0.15) is 5.75 Å². The maximum absolute atomic E-state index is 5.09. The molecule has 1 aromatic rings. The van der Waals surface area contributed by atoms with Gasteiger partial charge in [-0.25, -0.2) is 0 Å². The van der Waals surface area contributed by atoms with E-state index in [9.17, 15) is 0 Å². The maximum Gasteiger partial charge on any atom is 0.187 e. The molecule has 0 unspecified atom stereocenters. The lowest BCUT2D eigenvalue weighted by Gasteiger charge is -2.13. The topological polar surface area (TPSA) is 54.9 Å². The Morgan fingerprint density at radius 3 is 2.63 bits per heavy atom. The van der Waals surface area contributed by atoms with Gasteiger partial charge >= 0.3 is 0 Å². The van der Waals surface area contributed by atoms with Crippen LogP contribution in [0.25, 0.3) is 0 Å². The van der Waals surface area contributed by atoms with Crippen LogP contribution in [0.15, 0.2) is 29.4 Å². The van der Waals surface area contributed by atoms with Crippen molar-refractivity contribution in [3.63, 3.8) is 0 Å². The molecule has 0 radical (unpaired) electrons. The summed E-state index contributed by atoms with van der Waals surface area (Å²) in [6.45, 7) is 2.56. The highest BCUT2D eigenvalue weighted by atomic mass is 32.1. The Bertz CT molecular complexity index is 420. The SMILES string of the molecule is COC[C@@H](C)NC(=S)N/N=C\c1ccc(OC)cc1. The zero-order valence-electron chi connectivity index (χ0n) is 11.3. The van der Waals surface area contributed by atoms with Gasteiger partial charge in [-0.3, -0.25) is 5.43 Å². The van der Waals surface area contributed by atoms with Crippen LogP contribution in [-0.2, 0) is 4.74 Å². The second kappa shape index (κ2) is 8.44. The van der Waals surface area contributed by atoms with Crippen molar-refractivity contribution < 1.29 is 9.47 Å². The van der Waals surface area contributed by atoms with E-state index in [0.717, 1.165) is 11.3 Å². The summed E-state index contributed by atoms with van der Waals surface area (Å²) >= 11 is 5.09. The second-order valence-electron chi connectivity index (χ2n) is 3.97. The summed E-state index contributed by atoms with van der Waals surface area (Å²) in [5.41, 5.74) is 3.71. The van der Waals surface area contributed by atoms with Crippen molar-refractivity contribution in [2.45, 2.75) is 13.0 Å². The van der Waals surface area contributed by atoms with Crippen LogP contribution < -0.4 is 15.5 Å². The Kier molecular flexibility index (Phi) is 6.84. The predicted octanol–water partition coefficient (Wildman–Crippen LogP) is 1.53. The van der Waals surface area contributed by atoms with Gasteiger partial charge in [0.15, 0.2) is 5.11 Å². The fourth-order valence-corrected chi connectivity index (χ4v) is 1.66. The van der Waals surface area contributed by atoms with E-state index >= 15 is 0 Å². The first kappa shape index (κ1) is 15.4.